The van der Waals surface area contributed by atoms with E-state index in [1.54, 1.807) is 18.5 Å². The Balaban J connectivity index is 1.58. The molecule has 0 fully saturated rings. The van der Waals surface area contributed by atoms with E-state index < -0.39 is 12.1 Å². The second kappa shape index (κ2) is 10.8. The fourth-order valence-electron chi connectivity index (χ4n) is 3.62. The van der Waals surface area contributed by atoms with Crippen molar-refractivity contribution in [1.82, 2.24) is 10.3 Å². The quantitative estimate of drug-likeness (QED) is 0.422. The number of pyridine rings is 1. The van der Waals surface area contributed by atoms with Gasteiger partial charge in [-0.15, -0.1) is 0 Å². The minimum Gasteiger partial charge on any atom is -0.478 e. The topological polar surface area (TPSA) is 82.5 Å². The highest BCUT2D eigenvalue weighted by Crippen LogP contribution is 2.25. The number of nitrogens with one attached hydrogen (secondary N) is 1. The maximum absolute atomic E-state index is 11.5. The largest absolute Gasteiger partial charge is 0.478 e. The molecule has 1 heterocycles. The van der Waals surface area contributed by atoms with Crippen LogP contribution in [0.4, 0.5) is 0 Å². The number of aromatic carboxylic acids is 1. The fourth-order valence-corrected chi connectivity index (χ4v) is 3.62. The highest BCUT2D eigenvalue weighted by Gasteiger charge is 2.13. The SMILES string of the molecule is CC(C)Cc1cc(-c2ccc(CCNC[C@@H](O)c3cccnc3)cc2)ccc1C(=O)O. The van der Waals surface area contributed by atoms with Gasteiger partial charge in [-0.2, -0.15) is 0 Å². The molecule has 0 aliphatic carbocycles. The summed E-state index contributed by atoms with van der Waals surface area (Å²) in [4.78, 5) is 15.5. The first-order valence-corrected chi connectivity index (χ1v) is 10.7. The van der Waals surface area contributed by atoms with Gasteiger partial charge in [0.25, 0.3) is 0 Å². The Labute approximate surface area is 183 Å². The molecule has 0 saturated heterocycles. The fraction of sp³-hybridized carbons (Fsp3) is 0.308. The molecular weight excluding hydrogens is 388 g/mol. The van der Waals surface area contributed by atoms with Gasteiger partial charge < -0.3 is 15.5 Å². The summed E-state index contributed by atoms with van der Waals surface area (Å²) < 4.78 is 0. The zero-order chi connectivity index (χ0) is 22.2. The van der Waals surface area contributed by atoms with E-state index in [2.05, 4.69) is 48.4 Å². The molecule has 0 spiro atoms. The van der Waals surface area contributed by atoms with E-state index in [1.165, 1.54) is 5.56 Å². The smallest absolute Gasteiger partial charge is 0.335 e. The number of hydrogen-bond donors (Lipinski definition) is 3. The lowest BCUT2D eigenvalue weighted by Gasteiger charge is -2.13. The number of aromatic nitrogens is 1. The molecule has 0 saturated carbocycles. The molecule has 0 bridgehead atoms. The molecule has 1 aromatic heterocycles. The van der Waals surface area contributed by atoms with E-state index in [9.17, 15) is 15.0 Å². The van der Waals surface area contributed by atoms with Crippen molar-refractivity contribution in [3.05, 3.63) is 89.2 Å². The zero-order valence-electron chi connectivity index (χ0n) is 18.1. The van der Waals surface area contributed by atoms with Crippen LogP contribution in [0.15, 0.2) is 67.0 Å². The van der Waals surface area contributed by atoms with E-state index >= 15 is 0 Å². The standard InChI is InChI=1S/C26H30N2O3/c1-18(2)14-23-15-21(9-10-24(23)26(30)31)20-7-5-19(6-8-20)11-13-28-17-25(29)22-4-3-12-27-16-22/h3-10,12,15-16,18,25,28-29H,11,13-14,17H2,1-2H3,(H,30,31)/t25-/m1/s1. The number of nitrogens with zero attached hydrogens (tertiary/aromatic N) is 1. The zero-order valence-corrected chi connectivity index (χ0v) is 18.1. The molecule has 0 amide bonds. The highest BCUT2D eigenvalue weighted by atomic mass is 16.4. The van der Waals surface area contributed by atoms with Crippen LogP contribution in [-0.2, 0) is 12.8 Å². The Morgan fingerprint density at radius 2 is 1.81 bits per heavy atom. The van der Waals surface area contributed by atoms with Crippen LogP contribution in [0, 0.1) is 5.92 Å². The van der Waals surface area contributed by atoms with E-state index in [4.69, 9.17) is 0 Å². The maximum atomic E-state index is 11.5. The molecule has 0 aliphatic heterocycles. The number of hydrogen-bond acceptors (Lipinski definition) is 4. The second-order valence-electron chi connectivity index (χ2n) is 8.23. The molecule has 5 heteroatoms. The van der Waals surface area contributed by atoms with Crippen LogP contribution >= 0.6 is 0 Å². The molecule has 1 atom stereocenters. The lowest BCUT2D eigenvalue weighted by molar-refractivity contribution is 0.0695. The predicted molar refractivity (Wildman–Crippen MR) is 123 cm³/mol. The number of carboxylic acid groups (broad SMARTS) is 1. The van der Waals surface area contributed by atoms with Crippen molar-refractivity contribution < 1.29 is 15.0 Å². The van der Waals surface area contributed by atoms with Crippen LogP contribution in [0.2, 0.25) is 0 Å². The third-order valence-corrected chi connectivity index (χ3v) is 5.25. The lowest BCUT2D eigenvalue weighted by atomic mass is 9.93. The molecule has 3 rings (SSSR count). The molecule has 2 aromatic carbocycles. The first-order valence-electron chi connectivity index (χ1n) is 10.7. The van der Waals surface area contributed by atoms with Crippen molar-refractivity contribution in [2.24, 2.45) is 5.92 Å². The van der Waals surface area contributed by atoms with Crippen LogP contribution in [0.25, 0.3) is 11.1 Å². The van der Waals surface area contributed by atoms with Crippen LogP contribution in [-0.4, -0.2) is 34.3 Å². The highest BCUT2D eigenvalue weighted by molar-refractivity contribution is 5.90. The summed E-state index contributed by atoms with van der Waals surface area (Å²) in [5.74, 6) is -0.487. The molecular formula is C26H30N2O3. The van der Waals surface area contributed by atoms with Gasteiger partial charge >= 0.3 is 5.97 Å². The molecule has 31 heavy (non-hydrogen) atoms. The van der Waals surface area contributed by atoms with Gasteiger partial charge in [-0.3, -0.25) is 4.98 Å². The summed E-state index contributed by atoms with van der Waals surface area (Å²) in [6.07, 6.45) is 4.41. The summed E-state index contributed by atoms with van der Waals surface area (Å²) in [6, 6.07) is 17.6. The summed E-state index contributed by atoms with van der Waals surface area (Å²) in [7, 11) is 0. The molecule has 0 unspecified atom stereocenters. The van der Waals surface area contributed by atoms with Gasteiger partial charge in [0, 0.05) is 24.5 Å². The maximum Gasteiger partial charge on any atom is 0.335 e. The van der Waals surface area contributed by atoms with Crippen molar-refractivity contribution in [3.63, 3.8) is 0 Å². The Bertz CT molecular complexity index is 985. The van der Waals surface area contributed by atoms with Crippen molar-refractivity contribution in [1.29, 1.82) is 0 Å². The van der Waals surface area contributed by atoms with Crippen LogP contribution < -0.4 is 5.32 Å². The van der Waals surface area contributed by atoms with Crippen molar-refractivity contribution in [3.8, 4) is 11.1 Å². The first kappa shape index (κ1) is 22.7. The summed E-state index contributed by atoms with van der Waals surface area (Å²) in [5.41, 5.74) is 5.38. The molecule has 3 N–H and O–H groups in total. The Hall–Kier alpha value is -3.02. The monoisotopic (exact) mass is 418 g/mol. The number of carbonyl (C=O) groups is 1. The van der Waals surface area contributed by atoms with E-state index in [0.717, 1.165) is 41.6 Å². The minimum absolute atomic E-state index is 0.383. The van der Waals surface area contributed by atoms with Gasteiger partial charge in [0.15, 0.2) is 0 Å². The second-order valence-corrected chi connectivity index (χ2v) is 8.23. The molecule has 0 radical (unpaired) electrons. The van der Waals surface area contributed by atoms with Gasteiger partial charge in [-0.05, 0) is 59.7 Å². The number of rotatable bonds is 10. The van der Waals surface area contributed by atoms with Gasteiger partial charge in [0.1, 0.15) is 0 Å². The molecule has 162 valence electrons. The molecule has 0 aliphatic rings. The normalized spacial score (nSPS) is 12.1. The molecule has 3 aromatic rings. The van der Waals surface area contributed by atoms with Crippen LogP contribution in [0.3, 0.4) is 0 Å². The molecule has 5 nitrogen and oxygen atoms in total. The number of carboxylic acids is 1. The van der Waals surface area contributed by atoms with E-state index in [0.29, 0.717) is 18.0 Å². The third-order valence-electron chi connectivity index (χ3n) is 5.25. The predicted octanol–water partition coefficient (Wildman–Crippen LogP) is 4.51. The number of benzene rings is 2. The number of aliphatic hydroxyl groups is 1. The van der Waals surface area contributed by atoms with E-state index in [1.807, 2.05) is 24.3 Å². The average Bonchev–Trinajstić information content (AvgIpc) is 2.77. The Morgan fingerprint density at radius 3 is 2.45 bits per heavy atom. The van der Waals surface area contributed by atoms with Gasteiger partial charge in [0.05, 0.1) is 11.7 Å². The Kier molecular flexibility index (Phi) is 7.93. The van der Waals surface area contributed by atoms with Crippen LogP contribution in [0.5, 0.6) is 0 Å². The van der Waals surface area contributed by atoms with Crippen molar-refractivity contribution >= 4 is 5.97 Å². The van der Waals surface area contributed by atoms with Crippen LogP contribution in [0.1, 0.15) is 47.0 Å². The van der Waals surface area contributed by atoms with Gasteiger partial charge in [0.2, 0.25) is 0 Å². The van der Waals surface area contributed by atoms with Gasteiger partial charge in [-0.1, -0.05) is 56.3 Å². The Morgan fingerprint density at radius 1 is 1.06 bits per heavy atom. The third kappa shape index (κ3) is 6.48. The minimum atomic E-state index is -0.876. The van der Waals surface area contributed by atoms with E-state index in [-0.39, 0.29) is 0 Å². The first-order chi connectivity index (χ1) is 14.9. The van der Waals surface area contributed by atoms with Gasteiger partial charge in [-0.25, -0.2) is 4.79 Å². The average molecular weight is 419 g/mol. The van der Waals surface area contributed by atoms with Crippen molar-refractivity contribution in [2.45, 2.75) is 32.8 Å². The van der Waals surface area contributed by atoms with Crippen molar-refractivity contribution in [2.75, 3.05) is 13.1 Å². The lowest BCUT2D eigenvalue weighted by Crippen LogP contribution is -2.23. The summed E-state index contributed by atoms with van der Waals surface area (Å²) in [5, 5.41) is 22.9. The summed E-state index contributed by atoms with van der Waals surface area (Å²) in [6.45, 7) is 5.44. The number of aliphatic hydroxyl groups excluding tert-OH is 1. The summed E-state index contributed by atoms with van der Waals surface area (Å²) >= 11 is 0.